The van der Waals surface area contributed by atoms with E-state index in [4.69, 9.17) is 5.02 Å². The van der Waals surface area contributed by atoms with Crippen molar-refractivity contribution in [2.75, 3.05) is 0 Å². The van der Waals surface area contributed by atoms with Gasteiger partial charge in [-0.15, -0.1) is 0 Å². The van der Waals surface area contributed by atoms with Crippen LogP contribution in [0.3, 0.4) is 0 Å². The van der Waals surface area contributed by atoms with Gasteiger partial charge in [-0.2, -0.15) is 0 Å². The maximum absolute atomic E-state index is 9.02. The molecule has 0 aromatic heterocycles. The average Bonchev–Trinajstić information content (AvgIpc) is 2.10. The smallest absolute Gasteiger partial charge is 0.320 e. The normalized spacial score (nSPS) is 8.00. The summed E-state index contributed by atoms with van der Waals surface area (Å²) >= 11 is 0. The van der Waals surface area contributed by atoms with E-state index in [0.29, 0.717) is 0 Å². The van der Waals surface area contributed by atoms with Crippen molar-refractivity contribution < 1.29 is 5.02 Å². The molecule has 1 N–H and O–H groups in total. The Morgan fingerprint density at radius 3 is 1.82 bits per heavy atom. The minimum Gasteiger partial charge on any atom is -0.447 e. The zero-order valence-corrected chi connectivity index (χ0v) is 7.41. The van der Waals surface area contributed by atoms with Gasteiger partial charge >= 0.3 is 6.92 Å². The zero-order chi connectivity index (χ0) is 8.69. The SMILES string of the molecule is CB(O)c1ccccc1.CC. The number of benzene rings is 1. The lowest BCUT2D eigenvalue weighted by Gasteiger charge is -1.96. The summed E-state index contributed by atoms with van der Waals surface area (Å²) in [6, 6.07) is 9.59. The standard InChI is InChI=1S/C7H9BO.C2H6/c1-8(9)7-5-3-2-4-6-7;1-2/h2-6,9H,1H3;1-2H3. The molecule has 0 bridgehead atoms. The van der Waals surface area contributed by atoms with Gasteiger partial charge in [0.15, 0.2) is 0 Å². The molecule has 0 amide bonds. The minimum atomic E-state index is -0.341. The summed E-state index contributed by atoms with van der Waals surface area (Å²) in [7, 11) is 0. The highest BCUT2D eigenvalue weighted by Gasteiger charge is 2.02. The molecule has 0 spiro atoms. The van der Waals surface area contributed by atoms with Crippen molar-refractivity contribution in [3.63, 3.8) is 0 Å². The predicted molar refractivity (Wildman–Crippen MR) is 51.3 cm³/mol. The Morgan fingerprint density at radius 2 is 1.55 bits per heavy atom. The highest BCUT2D eigenvalue weighted by Crippen LogP contribution is 1.83. The molecule has 0 unspecified atom stereocenters. The summed E-state index contributed by atoms with van der Waals surface area (Å²) in [6.45, 7) is 5.42. The fourth-order valence-corrected chi connectivity index (χ4v) is 0.732. The lowest BCUT2D eigenvalue weighted by Crippen LogP contribution is -2.25. The molecule has 0 fully saturated rings. The highest BCUT2D eigenvalue weighted by molar-refractivity contribution is 6.64. The molecule has 0 aliphatic rings. The first-order valence-electron chi connectivity index (χ1n) is 4.03. The fourth-order valence-electron chi connectivity index (χ4n) is 0.732. The van der Waals surface area contributed by atoms with E-state index in [0.717, 1.165) is 5.46 Å². The van der Waals surface area contributed by atoms with Crippen LogP contribution in [0.4, 0.5) is 0 Å². The Hall–Kier alpha value is -0.755. The highest BCUT2D eigenvalue weighted by atomic mass is 16.2. The quantitative estimate of drug-likeness (QED) is 0.602. The average molecular weight is 150 g/mol. The van der Waals surface area contributed by atoms with E-state index in [9.17, 15) is 0 Å². The van der Waals surface area contributed by atoms with Crippen LogP contribution in [0.2, 0.25) is 6.82 Å². The molecule has 1 aromatic carbocycles. The summed E-state index contributed by atoms with van der Waals surface area (Å²) in [6.07, 6.45) is 0. The van der Waals surface area contributed by atoms with E-state index in [1.807, 2.05) is 44.2 Å². The number of hydrogen-bond donors (Lipinski definition) is 1. The van der Waals surface area contributed by atoms with Gasteiger partial charge in [-0.25, -0.2) is 0 Å². The second kappa shape index (κ2) is 5.99. The topological polar surface area (TPSA) is 20.2 Å². The van der Waals surface area contributed by atoms with Crippen molar-refractivity contribution >= 4 is 12.4 Å². The third kappa shape index (κ3) is 3.84. The molecule has 1 aromatic rings. The van der Waals surface area contributed by atoms with Gasteiger partial charge in [-0.05, 0) is 5.46 Å². The Kier molecular flexibility index (Phi) is 5.58. The minimum absolute atomic E-state index is 0.341. The van der Waals surface area contributed by atoms with Gasteiger partial charge in [0.25, 0.3) is 0 Å². The second-order valence-electron chi connectivity index (χ2n) is 2.09. The molecule has 0 aliphatic carbocycles. The van der Waals surface area contributed by atoms with Crippen LogP contribution in [0.25, 0.3) is 0 Å². The van der Waals surface area contributed by atoms with E-state index in [-0.39, 0.29) is 6.92 Å². The van der Waals surface area contributed by atoms with Crippen molar-refractivity contribution in [2.24, 2.45) is 0 Å². The van der Waals surface area contributed by atoms with Gasteiger partial charge in [0.2, 0.25) is 0 Å². The van der Waals surface area contributed by atoms with Crippen LogP contribution >= 0.6 is 0 Å². The van der Waals surface area contributed by atoms with Crippen molar-refractivity contribution in [1.29, 1.82) is 0 Å². The van der Waals surface area contributed by atoms with Crippen molar-refractivity contribution in [2.45, 2.75) is 20.7 Å². The van der Waals surface area contributed by atoms with Gasteiger partial charge in [0.05, 0.1) is 0 Å². The molecular weight excluding hydrogens is 135 g/mol. The van der Waals surface area contributed by atoms with E-state index < -0.39 is 0 Å². The molecule has 1 nitrogen and oxygen atoms in total. The number of hydrogen-bond acceptors (Lipinski definition) is 1. The Morgan fingerprint density at radius 1 is 1.09 bits per heavy atom. The van der Waals surface area contributed by atoms with Crippen molar-refractivity contribution in [3.8, 4) is 0 Å². The molecule has 11 heavy (non-hydrogen) atoms. The Labute approximate surface area is 69.2 Å². The first-order chi connectivity index (χ1) is 5.30. The molecule has 0 saturated heterocycles. The Bertz CT molecular complexity index is 172. The largest absolute Gasteiger partial charge is 0.447 e. The molecule has 1 rings (SSSR count). The maximum atomic E-state index is 9.02. The van der Waals surface area contributed by atoms with Gasteiger partial charge in [0.1, 0.15) is 0 Å². The summed E-state index contributed by atoms with van der Waals surface area (Å²) in [4.78, 5) is 0. The summed E-state index contributed by atoms with van der Waals surface area (Å²) < 4.78 is 0. The summed E-state index contributed by atoms with van der Waals surface area (Å²) in [5, 5.41) is 9.02. The van der Waals surface area contributed by atoms with Crippen LogP contribution in [0, 0.1) is 0 Å². The lowest BCUT2D eigenvalue weighted by molar-refractivity contribution is 0.594. The Balaban J connectivity index is 0.000000461. The van der Waals surface area contributed by atoms with Gasteiger partial charge < -0.3 is 5.02 Å². The summed E-state index contributed by atoms with van der Waals surface area (Å²) in [5.41, 5.74) is 0.970. The van der Waals surface area contributed by atoms with E-state index in [2.05, 4.69) is 0 Å². The van der Waals surface area contributed by atoms with Crippen LogP contribution in [-0.2, 0) is 0 Å². The maximum Gasteiger partial charge on any atom is 0.320 e. The van der Waals surface area contributed by atoms with Gasteiger partial charge in [-0.3, -0.25) is 0 Å². The molecular formula is C9H15BO. The molecule has 60 valence electrons. The van der Waals surface area contributed by atoms with Gasteiger partial charge in [-0.1, -0.05) is 51.0 Å². The summed E-state index contributed by atoms with van der Waals surface area (Å²) in [5.74, 6) is 0. The number of rotatable bonds is 1. The van der Waals surface area contributed by atoms with Crippen LogP contribution in [0.5, 0.6) is 0 Å². The van der Waals surface area contributed by atoms with Crippen LogP contribution in [0.1, 0.15) is 13.8 Å². The van der Waals surface area contributed by atoms with Crippen molar-refractivity contribution in [1.82, 2.24) is 0 Å². The monoisotopic (exact) mass is 150 g/mol. The van der Waals surface area contributed by atoms with E-state index in [1.54, 1.807) is 6.82 Å². The molecule has 0 aliphatic heterocycles. The molecule has 0 saturated carbocycles. The zero-order valence-electron chi connectivity index (χ0n) is 7.41. The third-order valence-electron chi connectivity index (χ3n) is 1.28. The molecule has 0 heterocycles. The van der Waals surface area contributed by atoms with Crippen molar-refractivity contribution in [3.05, 3.63) is 30.3 Å². The first-order valence-corrected chi connectivity index (χ1v) is 4.03. The third-order valence-corrected chi connectivity index (χ3v) is 1.28. The molecule has 0 atom stereocenters. The predicted octanol–water partition coefficient (Wildman–Crippen LogP) is 1.53. The van der Waals surface area contributed by atoms with Crippen LogP contribution in [0.15, 0.2) is 30.3 Å². The second-order valence-corrected chi connectivity index (χ2v) is 2.09. The molecule has 0 radical (unpaired) electrons. The van der Waals surface area contributed by atoms with Crippen LogP contribution in [-0.4, -0.2) is 11.9 Å². The first kappa shape index (κ1) is 10.2. The fraction of sp³-hybridized carbons (Fsp3) is 0.333. The van der Waals surface area contributed by atoms with E-state index in [1.165, 1.54) is 0 Å². The van der Waals surface area contributed by atoms with Crippen LogP contribution < -0.4 is 5.46 Å². The lowest BCUT2D eigenvalue weighted by atomic mass is 9.64. The van der Waals surface area contributed by atoms with Gasteiger partial charge in [0, 0.05) is 0 Å². The van der Waals surface area contributed by atoms with E-state index >= 15 is 0 Å². The molecule has 2 heteroatoms.